The Morgan fingerprint density at radius 2 is 1.06 bits per heavy atom. The normalized spacial score (nSPS) is 13.4. The first-order valence-electron chi connectivity index (χ1n) is 16.8. The summed E-state index contributed by atoms with van der Waals surface area (Å²) >= 11 is 0. The van der Waals surface area contributed by atoms with E-state index in [1.807, 2.05) is 66.9 Å². The number of hydrogen-bond acceptors (Lipinski definition) is 4. The maximum absolute atomic E-state index is 5.09. The molecular weight excluding hydrogens is 611 g/mol. The molecular formula is C45H29N5. The molecule has 1 atom stereocenters. The van der Waals surface area contributed by atoms with Crippen molar-refractivity contribution in [1.82, 2.24) is 24.5 Å². The number of benzene rings is 6. The van der Waals surface area contributed by atoms with Gasteiger partial charge < -0.3 is 0 Å². The number of hydrogen-bond donors (Lipinski definition) is 0. The lowest BCUT2D eigenvalue weighted by Crippen LogP contribution is -2.06. The fourth-order valence-electron chi connectivity index (χ4n) is 7.62. The molecule has 10 rings (SSSR count). The maximum Gasteiger partial charge on any atom is 0.238 e. The van der Waals surface area contributed by atoms with Crippen LogP contribution in [0.3, 0.4) is 0 Å². The van der Waals surface area contributed by atoms with Gasteiger partial charge in [0, 0.05) is 45.8 Å². The first kappa shape index (κ1) is 28.3. The molecule has 6 aromatic carbocycles. The molecule has 3 heterocycles. The molecule has 234 valence electrons. The molecule has 0 spiro atoms. The van der Waals surface area contributed by atoms with Crippen LogP contribution in [0, 0.1) is 0 Å². The molecule has 3 aromatic heterocycles. The summed E-state index contributed by atoms with van der Waals surface area (Å²) < 4.78 is 2.17. The predicted octanol–water partition coefficient (Wildman–Crippen LogP) is 10.5. The van der Waals surface area contributed by atoms with Gasteiger partial charge in [0.25, 0.3) is 0 Å². The second-order valence-corrected chi connectivity index (χ2v) is 12.7. The van der Waals surface area contributed by atoms with Gasteiger partial charge >= 0.3 is 0 Å². The number of nitrogens with zero attached hydrogens (tertiary/aromatic N) is 5. The zero-order chi connectivity index (χ0) is 33.0. The van der Waals surface area contributed by atoms with Crippen LogP contribution in [0.4, 0.5) is 0 Å². The van der Waals surface area contributed by atoms with Crippen LogP contribution in [0.25, 0.3) is 72.8 Å². The first-order chi connectivity index (χ1) is 24.8. The van der Waals surface area contributed by atoms with E-state index < -0.39 is 0 Å². The van der Waals surface area contributed by atoms with Crippen molar-refractivity contribution in [3.05, 3.63) is 187 Å². The van der Waals surface area contributed by atoms with E-state index in [2.05, 4.69) is 108 Å². The van der Waals surface area contributed by atoms with Gasteiger partial charge in [-0.05, 0) is 51.6 Å². The number of fused-ring (bicyclic) bond motifs is 6. The van der Waals surface area contributed by atoms with Crippen LogP contribution in [-0.2, 0) is 0 Å². The van der Waals surface area contributed by atoms with Gasteiger partial charge in [0.05, 0.1) is 11.0 Å². The van der Waals surface area contributed by atoms with Crippen molar-refractivity contribution in [1.29, 1.82) is 0 Å². The Kier molecular flexibility index (Phi) is 6.49. The molecule has 0 radical (unpaired) electrons. The maximum atomic E-state index is 5.09. The monoisotopic (exact) mass is 639 g/mol. The minimum Gasteiger partial charge on any atom is -0.278 e. The van der Waals surface area contributed by atoms with Gasteiger partial charge in [-0.15, -0.1) is 0 Å². The molecule has 0 amide bonds. The highest BCUT2D eigenvalue weighted by atomic mass is 15.2. The Hall–Kier alpha value is -6.72. The van der Waals surface area contributed by atoms with E-state index in [9.17, 15) is 0 Å². The van der Waals surface area contributed by atoms with Gasteiger partial charge in [-0.1, -0.05) is 140 Å². The molecule has 0 fully saturated rings. The van der Waals surface area contributed by atoms with Crippen LogP contribution in [0.15, 0.2) is 170 Å². The van der Waals surface area contributed by atoms with Gasteiger partial charge in [0.1, 0.15) is 0 Å². The van der Waals surface area contributed by atoms with E-state index in [0.29, 0.717) is 17.6 Å². The van der Waals surface area contributed by atoms with Crippen LogP contribution < -0.4 is 0 Å². The van der Waals surface area contributed by atoms with Gasteiger partial charge in [0.15, 0.2) is 11.6 Å². The molecule has 0 bridgehead atoms. The van der Waals surface area contributed by atoms with E-state index >= 15 is 0 Å². The zero-order valence-electron chi connectivity index (χ0n) is 27.0. The second-order valence-electron chi connectivity index (χ2n) is 12.7. The first-order valence-corrected chi connectivity index (χ1v) is 16.8. The average Bonchev–Trinajstić information content (AvgIpc) is 3.71. The SMILES string of the molecule is c1ccc(-c2nc(-c3ccccc3)nc(-n3c4ccccc4c4cc(-c5cncc6c5-c5ccccc5C6c5ccccc5)ccc43)n2)cc1. The summed E-state index contributed by atoms with van der Waals surface area (Å²) in [7, 11) is 0. The van der Waals surface area contributed by atoms with Crippen molar-refractivity contribution in [2.24, 2.45) is 0 Å². The summed E-state index contributed by atoms with van der Waals surface area (Å²) in [6, 6.07) is 55.0. The van der Waals surface area contributed by atoms with Gasteiger partial charge in [-0.2, -0.15) is 9.97 Å². The highest BCUT2D eigenvalue weighted by Gasteiger charge is 2.32. The third kappa shape index (κ3) is 4.48. The Balaban J connectivity index is 1.19. The Morgan fingerprint density at radius 3 is 1.80 bits per heavy atom. The Labute approximate surface area is 289 Å². The number of para-hydroxylation sites is 1. The Morgan fingerprint density at radius 1 is 0.440 bits per heavy atom. The summed E-state index contributed by atoms with van der Waals surface area (Å²) in [6.45, 7) is 0. The molecule has 0 saturated heterocycles. The molecule has 5 heteroatoms. The van der Waals surface area contributed by atoms with Crippen LogP contribution in [0.2, 0.25) is 0 Å². The van der Waals surface area contributed by atoms with Gasteiger partial charge in [-0.3, -0.25) is 9.55 Å². The lowest BCUT2D eigenvalue weighted by Gasteiger charge is -2.14. The third-order valence-corrected chi connectivity index (χ3v) is 9.83. The number of pyridine rings is 1. The van der Waals surface area contributed by atoms with E-state index in [1.54, 1.807) is 0 Å². The van der Waals surface area contributed by atoms with Crippen LogP contribution >= 0.6 is 0 Å². The highest BCUT2D eigenvalue weighted by Crippen LogP contribution is 2.51. The fraction of sp³-hybridized carbons (Fsp3) is 0.0222. The van der Waals surface area contributed by atoms with Crippen LogP contribution in [0.5, 0.6) is 0 Å². The summed E-state index contributed by atoms with van der Waals surface area (Å²) in [4.78, 5) is 20.0. The molecule has 0 aliphatic heterocycles. The molecule has 1 unspecified atom stereocenters. The number of rotatable bonds is 5. The second kappa shape index (κ2) is 11.5. The quantitative estimate of drug-likeness (QED) is 0.188. The van der Waals surface area contributed by atoms with Gasteiger partial charge in [-0.25, -0.2) is 4.98 Å². The summed E-state index contributed by atoms with van der Waals surface area (Å²) in [5, 5.41) is 2.26. The largest absolute Gasteiger partial charge is 0.278 e. The van der Waals surface area contributed by atoms with Crippen molar-refractivity contribution in [2.75, 3.05) is 0 Å². The average molecular weight is 640 g/mol. The summed E-state index contributed by atoms with van der Waals surface area (Å²) in [5.74, 6) is 1.99. The van der Waals surface area contributed by atoms with Crippen LogP contribution in [-0.4, -0.2) is 24.5 Å². The lowest BCUT2D eigenvalue weighted by atomic mass is 9.89. The zero-order valence-corrected chi connectivity index (χ0v) is 27.0. The smallest absolute Gasteiger partial charge is 0.238 e. The third-order valence-electron chi connectivity index (χ3n) is 9.83. The van der Waals surface area contributed by atoms with Crippen molar-refractivity contribution in [3.8, 4) is 51.0 Å². The molecule has 0 saturated carbocycles. The number of aromatic nitrogens is 5. The summed E-state index contributed by atoms with van der Waals surface area (Å²) in [5.41, 5.74) is 12.6. The fourth-order valence-corrected chi connectivity index (χ4v) is 7.62. The van der Waals surface area contributed by atoms with Crippen molar-refractivity contribution in [3.63, 3.8) is 0 Å². The highest BCUT2D eigenvalue weighted by molar-refractivity contribution is 6.10. The minimum atomic E-state index is 0.141. The van der Waals surface area contributed by atoms with E-state index in [0.717, 1.165) is 44.1 Å². The van der Waals surface area contributed by atoms with Crippen molar-refractivity contribution in [2.45, 2.75) is 5.92 Å². The molecule has 50 heavy (non-hydrogen) atoms. The van der Waals surface area contributed by atoms with Gasteiger partial charge in [0.2, 0.25) is 5.95 Å². The topological polar surface area (TPSA) is 56.5 Å². The van der Waals surface area contributed by atoms with Crippen molar-refractivity contribution < 1.29 is 0 Å². The molecule has 1 aliphatic rings. The molecule has 1 aliphatic carbocycles. The molecule has 9 aromatic rings. The van der Waals surface area contributed by atoms with E-state index in [1.165, 1.54) is 27.8 Å². The minimum absolute atomic E-state index is 0.141. The van der Waals surface area contributed by atoms with E-state index in [4.69, 9.17) is 19.9 Å². The van der Waals surface area contributed by atoms with E-state index in [-0.39, 0.29) is 5.92 Å². The standard InChI is InChI=1S/C45H29N5/c1-4-14-29(15-5-1)41-34-21-10-11-22-35(34)42-37(27-46-28-38(41)42)32-24-25-40-36(26-32)33-20-12-13-23-39(33)50(40)45-48-43(30-16-6-2-7-17-30)47-44(49-45)31-18-8-3-9-19-31/h1-28,41H. The predicted molar refractivity (Wildman–Crippen MR) is 201 cm³/mol. The Bertz CT molecular complexity index is 2640. The molecule has 5 nitrogen and oxygen atoms in total. The molecule has 0 N–H and O–H groups in total. The summed E-state index contributed by atoms with van der Waals surface area (Å²) in [6.07, 6.45) is 4.07. The van der Waals surface area contributed by atoms with Crippen LogP contribution in [0.1, 0.15) is 22.6 Å². The van der Waals surface area contributed by atoms with Crippen molar-refractivity contribution >= 4 is 21.8 Å². The lowest BCUT2D eigenvalue weighted by molar-refractivity contribution is 0.953.